The lowest BCUT2D eigenvalue weighted by Gasteiger charge is -2.21. The summed E-state index contributed by atoms with van der Waals surface area (Å²) in [5, 5.41) is 8.20. The minimum absolute atomic E-state index is 0.0848. The number of nitrogens with zero attached hydrogens (tertiary/aromatic N) is 3. The van der Waals surface area contributed by atoms with Gasteiger partial charge in [-0.1, -0.05) is 30.7 Å². The molecular weight excluding hydrogens is 684 g/mol. The van der Waals surface area contributed by atoms with E-state index in [1.165, 1.54) is 15.8 Å². The summed E-state index contributed by atoms with van der Waals surface area (Å²) in [6.45, 7) is 7.98. The maximum absolute atomic E-state index is 13.6. The van der Waals surface area contributed by atoms with Gasteiger partial charge in [0, 0.05) is 49.6 Å². The Balaban J connectivity index is 1.22. The summed E-state index contributed by atoms with van der Waals surface area (Å²) >= 11 is 6.63. The third-order valence-electron chi connectivity index (χ3n) is 8.17. The smallest absolute Gasteiger partial charge is 0.306 e. The molecule has 0 radical (unpaired) electrons. The summed E-state index contributed by atoms with van der Waals surface area (Å²) < 4.78 is 12.8. The molecule has 0 saturated heterocycles. The number of hydrogen-bond donors (Lipinski definition) is 3. The molecule has 2 heterocycles. The van der Waals surface area contributed by atoms with Crippen LogP contribution in [0.5, 0.6) is 11.5 Å². The second kappa shape index (κ2) is 15.7. The van der Waals surface area contributed by atoms with Crippen molar-refractivity contribution in [2.24, 2.45) is 5.92 Å². The summed E-state index contributed by atoms with van der Waals surface area (Å²) in [4.78, 5) is 55.7. The van der Waals surface area contributed by atoms with E-state index in [1.54, 1.807) is 80.8 Å². The molecule has 1 atom stereocenters. The number of nitrogens with one attached hydrogen (secondary N) is 2. The molecule has 12 nitrogen and oxygen atoms in total. The van der Waals surface area contributed by atoms with Gasteiger partial charge in [-0.2, -0.15) is 5.10 Å². The average Bonchev–Trinajstić information content (AvgIpc) is 3.68. The number of carbonyl (C=O) groups is 4. The second-order valence-corrected chi connectivity index (χ2v) is 14.3. The molecule has 0 aliphatic rings. The Morgan fingerprint density at radius 3 is 2.48 bits per heavy atom. The summed E-state index contributed by atoms with van der Waals surface area (Å²) in [6, 6.07) is 18.6. The van der Waals surface area contributed by atoms with Gasteiger partial charge in [-0.15, -0.1) is 0 Å². The highest BCUT2D eigenvalue weighted by atomic mass is 35.5. The van der Waals surface area contributed by atoms with Gasteiger partial charge in [-0.25, -0.2) is 4.68 Å². The van der Waals surface area contributed by atoms with Crippen molar-refractivity contribution >= 4 is 51.9 Å². The van der Waals surface area contributed by atoms with Crippen molar-refractivity contribution in [3.63, 3.8) is 0 Å². The van der Waals surface area contributed by atoms with Gasteiger partial charge >= 0.3 is 5.97 Å². The Bertz CT molecular complexity index is 2130. The number of para-hydroxylation sites is 1. The number of benzene rings is 3. The zero-order valence-electron chi connectivity index (χ0n) is 30.1. The lowest BCUT2D eigenvalue weighted by Crippen LogP contribution is -2.26. The van der Waals surface area contributed by atoms with Crippen molar-refractivity contribution in [3.8, 4) is 17.2 Å². The highest BCUT2D eigenvalue weighted by Crippen LogP contribution is 2.33. The highest BCUT2D eigenvalue weighted by molar-refractivity contribution is 6.32. The first-order chi connectivity index (χ1) is 24.6. The van der Waals surface area contributed by atoms with Crippen molar-refractivity contribution < 1.29 is 28.7 Å². The number of aromatic nitrogens is 3. The first kappa shape index (κ1) is 37.6. The Hall–Kier alpha value is -5.62. The van der Waals surface area contributed by atoms with Gasteiger partial charge in [0.15, 0.2) is 0 Å². The van der Waals surface area contributed by atoms with Crippen LogP contribution in [0.1, 0.15) is 83.7 Å². The molecule has 272 valence electrons. The van der Waals surface area contributed by atoms with Crippen LogP contribution >= 0.6 is 11.6 Å². The van der Waals surface area contributed by atoms with Crippen LogP contribution in [-0.2, 0) is 9.53 Å². The number of esters is 1. The molecule has 1 unspecified atom stereocenters. The molecule has 0 aliphatic heterocycles. The zero-order chi connectivity index (χ0) is 37.7. The van der Waals surface area contributed by atoms with Crippen LogP contribution in [0.2, 0.25) is 5.02 Å². The molecule has 4 N–H and O–H groups in total. The number of rotatable bonds is 13. The van der Waals surface area contributed by atoms with Crippen LogP contribution in [0.3, 0.4) is 0 Å². The molecule has 0 bridgehead atoms. The van der Waals surface area contributed by atoms with E-state index in [4.69, 9.17) is 26.8 Å². The van der Waals surface area contributed by atoms with Crippen LogP contribution in [0, 0.1) is 5.92 Å². The lowest BCUT2D eigenvalue weighted by atomic mass is 10.0. The molecule has 5 aromatic rings. The average molecular weight is 727 g/mol. The summed E-state index contributed by atoms with van der Waals surface area (Å²) in [5.74, 6) is -0.0582. The topological polar surface area (TPSA) is 162 Å². The number of nitrogen functional groups attached to an aromatic ring is 1. The minimum Gasteiger partial charge on any atom is -0.460 e. The van der Waals surface area contributed by atoms with E-state index in [9.17, 15) is 19.2 Å². The number of H-pyrrole nitrogens is 1. The van der Waals surface area contributed by atoms with E-state index in [-0.39, 0.29) is 51.6 Å². The number of halogens is 1. The van der Waals surface area contributed by atoms with E-state index in [0.717, 1.165) is 6.42 Å². The SMILES string of the molecule is CC(CCCNC(=O)c1ccc2[nH]c(C(=O)c3cnn(-c4ccc(Oc5ccccc5C(=O)N(C)C)cc4Cl)c3N)cc2c1)CC(=O)OC(C)(C)C. The minimum atomic E-state index is -0.512. The zero-order valence-corrected chi connectivity index (χ0v) is 30.8. The van der Waals surface area contributed by atoms with Crippen LogP contribution in [0.15, 0.2) is 72.9 Å². The molecule has 3 aromatic carbocycles. The van der Waals surface area contributed by atoms with Crippen molar-refractivity contribution in [2.45, 2.75) is 52.6 Å². The van der Waals surface area contributed by atoms with Crippen molar-refractivity contribution in [1.82, 2.24) is 25.0 Å². The number of carbonyl (C=O) groups excluding carboxylic acids is 4. The summed E-state index contributed by atoms with van der Waals surface area (Å²) in [5.41, 5.74) is 8.31. The predicted octanol–water partition coefficient (Wildman–Crippen LogP) is 7.19. The predicted molar refractivity (Wildman–Crippen MR) is 200 cm³/mol. The number of anilines is 1. The molecule has 5 rings (SSSR count). The first-order valence-corrected chi connectivity index (χ1v) is 17.3. The largest absolute Gasteiger partial charge is 0.460 e. The third kappa shape index (κ3) is 8.99. The van der Waals surface area contributed by atoms with Crippen LogP contribution in [-0.4, -0.2) is 69.5 Å². The number of ketones is 1. The Morgan fingerprint density at radius 1 is 1.02 bits per heavy atom. The van der Waals surface area contributed by atoms with Crippen molar-refractivity contribution in [2.75, 3.05) is 26.4 Å². The second-order valence-electron chi connectivity index (χ2n) is 13.9. The van der Waals surface area contributed by atoms with Gasteiger partial charge in [-0.05, 0) is 88.1 Å². The monoisotopic (exact) mass is 726 g/mol. The number of fused-ring (bicyclic) bond motifs is 1. The van der Waals surface area contributed by atoms with E-state index < -0.39 is 5.60 Å². The molecule has 0 aliphatic carbocycles. The molecule has 0 saturated carbocycles. The van der Waals surface area contributed by atoms with Crippen LogP contribution in [0.25, 0.3) is 16.6 Å². The third-order valence-corrected chi connectivity index (χ3v) is 8.47. The fourth-order valence-electron chi connectivity index (χ4n) is 5.61. The van der Waals surface area contributed by atoms with Crippen LogP contribution in [0.4, 0.5) is 5.82 Å². The number of hydrogen-bond acceptors (Lipinski definition) is 8. The fourth-order valence-corrected chi connectivity index (χ4v) is 5.86. The highest BCUT2D eigenvalue weighted by Gasteiger charge is 2.22. The first-order valence-electron chi connectivity index (χ1n) is 16.9. The standard InChI is InChI=1S/C39H43ClN6O6/c1-23(18-34(47)52-39(2,3)4)10-9-17-42-37(49)24-13-15-30-25(19-24)20-31(44-30)35(48)28-22-43-46(36(28)41)32-16-14-26(21-29(32)40)51-33-12-8-7-11-27(33)38(50)45(5)6/h7-8,11-16,19-23,44H,9-10,17-18,41H2,1-6H3,(H,42,49). The van der Waals surface area contributed by atoms with E-state index in [2.05, 4.69) is 15.4 Å². The maximum Gasteiger partial charge on any atom is 0.306 e. The number of aromatic amines is 1. The molecule has 13 heteroatoms. The molecule has 0 spiro atoms. The van der Waals surface area contributed by atoms with Gasteiger partial charge in [0.1, 0.15) is 22.9 Å². The van der Waals surface area contributed by atoms with E-state index >= 15 is 0 Å². The Labute approximate surface area is 307 Å². The van der Waals surface area contributed by atoms with Gasteiger partial charge in [-0.3, -0.25) is 19.2 Å². The van der Waals surface area contributed by atoms with Gasteiger partial charge < -0.3 is 30.4 Å². The fraction of sp³-hybridized carbons (Fsp3) is 0.308. The Morgan fingerprint density at radius 2 is 1.77 bits per heavy atom. The molecule has 2 amide bonds. The summed E-state index contributed by atoms with van der Waals surface area (Å²) in [6.07, 6.45) is 3.19. The quantitative estimate of drug-likeness (QED) is 0.0653. The normalized spacial score (nSPS) is 12.0. The molecule has 2 aromatic heterocycles. The number of nitrogens with two attached hydrogens (primary N) is 1. The maximum atomic E-state index is 13.6. The molecule has 52 heavy (non-hydrogen) atoms. The number of amides is 2. The van der Waals surface area contributed by atoms with E-state index in [1.807, 2.05) is 27.7 Å². The van der Waals surface area contributed by atoms with Gasteiger partial charge in [0.2, 0.25) is 5.78 Å². The Kier molecular flexibility index (Phi) is 11.4. The molecule has 0 fully saturated rings. The number of ether oxygens (including phenoxy) is 2. The van der Waals surface area contributed by atoms with Crippen molar-refractivity contribution in [3.05, 3.63) is 100 Å². The summed E-state index contributed by atoms with van der Waals surface area (Å²) in [7, 11) is 3.33. The van der Waals surface area contributed by atoms with E-state index in [0.29, 0.717) is 58.6 Å². The lowest BCUT2D eigenvalue weighted by molar-refractivity contribution is -0.155. The van der Waals surface area contributed by atoms with Crippen molar-refractivity contribution in [1.29, 1.82) is 0 Å². The van der Waals surface area contributed by atoms with Crippen LogP contribution < -0.4 is 15.8 Å². The molecular formula is C39H43ClN6O6. The van der Waals surface area contributed by atoms with Gasteiger partial charge in [0.25, 0.3) is 11.8 Å². The van der Waals surface area contributed by atoms with Gasteiger partial charge in [0.05, 0.1) is 33.7 Å².